The molecule has 544 valence electrons. The molecule has 3 heterocycles. The molecule has 37 nitrogen and oxygen atoms in total. The lowest BCUT2D eigenvalue weighted by Gasteiger charge is -2.42. The molecule has 0 bridgehead atoms. The number of hydrogen-bond acceptors (Lipinski definition) is 30. The third kappa shape index (κ3) is 29.7. The summed E-state index contributed by atoms with van der Waals surface area (Å²) in [5.74, 6) is -5.19. The Bertz CT molecular complexity index is 2380. The summed E-state index contributed by atoms with van der Waals surface area (Å²) in [7, 11) is 0. The van der Waals surface area contributed by atoms with Crippen LogP contribution in [0.4, 0.5) is 0 Å². The molecule has 39 heteroatoms. The van der Waals surface area contributed by atoms with Crippen LogP contribution in [0.1, 0.15) is 73.6 Å². The van der Waals surface area contributed by atoms with Crippen LogP contribution < -0.4 is 47.4 Å². The number of hydrogen-bond donors (Lipinski definition) is 17. The highest BCUT2D eigenvalue weighted by Gasteiger charge is 2.48. The molecule has 17 N–H and O–H groups in total. The van der Waals surface area contributed by atoms with Gasteiger partial charge >= 0.3 is 0 Å². The van der Waals surface area contributed by atoms with Gasteiger partial charge in [0, 0.05) is 64.8 Å². The molecule has 0 radical (unpaired) electrons. The maximum absolute atomic E-state index is 13.7. The highest BCUT2D eigenvalue weighted by molar-refractivity contribution is 8.09. The fourth-order valence-corrected chi connectivity index (χ4v) is 10.1. The van der Waals surface area contributed by atoms with Crippen molar-refractivity contribution in [2.75, 3.05) is 119 Å². The normalized spacial score (nSPS) is 27.6. The van der Waals surface area contributed by atoms with Crippen molar-refractivity contribution in [1.29, 1.82) is 0 Å². The molecule has 0 aromatic carbocycles. The van der Waals surface area contributed by atoms with Crippen LogP contribution in [-0.2, 0) is 102 Å². The van der Waals surface area contributed by atoms with Crippen LogP contribution in [0.15, 0.2) is 0 Å². The van der Waals surface area contributed by atoms with Crippen molar-refractivity contribution in [3.63, 3.8) is 0 Å². The molecular formula is C55H98N8O29PS-. The van der Waals surface area contributed by atoms with E-state index in [0.717, 1.165) is 0 Å². The van der Waals surface area contributed by atoms with Crippen LogP contribution >= 0.6 is 6.49 Å². The summed E-state index contributed by atoms with van der Waals surface area (Å²) < 4.78 is 60.9. The molecule has 0 aromatic heterocycles. The maximum Gasteiger partial charge on any atom is 0.242 e. The highest BCUT2D eigenvalue weighted by Crippen LogP contribution is 2.51. The van der Waals surface area contributed by atoms with Crippen molar-refractivity contribution in [2.24, 2.45) is 0 Å². The number of aliphatic hydroxyl groups excluding tert-OH is 9. The summed E-state index contributed by atoms with van der Waals surface area (Å²) in [6, 6.07) is -6.29. The van der Waals surface area contributed by atoms with Crippen LogP contribution in [0, 0.1) is 0 Å². The van der Waals surface area contributed by atoms with Crippen molar-refractivity contribution in [1.82, 2.24) is 42.5 Å². The van der Waals surface area contributed by atoms with Crippen LogP contribution in [0.2, 0.25) is 0 Å². The first-order chi connectivity index (χ1) is 44.5. The van der Waals surface area contributed by atoms with E-state index in [2.05, 4.69) is 42.5 Å². The summed E-state index contributed by atoms with van der Waals surface area (Å²) in [5, 5.41) is 111. The first-order valence-electron chi connectivity index (χ1n) is 30.7. The minimum Gasteiger partial charge on any atom is -0.800 e. The quantitative estimate of drug-likeness (QED) is 0.0199. The van der Waals surface area contributed by atoms with Crippen LogP contribution in [0.3, 0.4) is 0 Å². The second kappa shape index (κ2) is 43.8. The second-order valence-electron chi connectivity index (χ2n) is 22.9. The molecule has 8 amide bonds. The van der Waals surface area contributed by atoms with Crippen molar-refractivity contribution in [3.8, 4) is 0 Å². The Morgan fingerprint density at radius 3 is 1.12 bits per heavy atom. The number of amides is 8. The van der Waals surface area contributed by atoms with Gasteiger partial charge in [0.1, 0.15) is 85.1 Å². The molecule has 0 saturated carbocycles. The Labute approximate surface area is 549 Å². The van der Waals surface area contributed by atoms with Gasteiger partial charge < -0.3 is 145 Å². The summed E-state index contributed by atoms with van der Waals surface area (Å²) in [4.78, 5) is 115. The van der Waals surface area contributed by atoms with Crippen molar-refractivity contribution in [2.45, 2.75) is 183 Å². The van der Waals surface area contributed by atoms with Crippen LogP contribution in [0.25, 0.3) is 0 Å². The maximum atomic E-state index is 13.7. The van der Waals surface area contributed by atoms with E-state index in [1.165, 1.54) is 20.8 Å². The summed E-state index contributed by atoms with van der Waals surface area (Å²) in [6.45, 7) is 1.43. The van der Waals surface area contributed by atoms with Gasteiger partial charge in [0.15, 0.2) is 18.9 Å². The Hall–Kier alpha value is -4.43. The smallest absolute Gasteiger partial charge is 0.242 e. The van der Waals surface area contributed by atoms with E-state index in [4.69, 9.17) is 63.7 Å². The predicted octanol–water partition coefficient (Wildman–Crippen LogP) is -9.31. The monoisotopic (exact) mass is 1400 g/mol. The number of carbonyl (C=O) groups is 8. The van der Waals surface area contributed by atoms with Gasteiger partial charge in [0.2, 0.25) is 47.3 Å². The molecule has 3 aliphatic heterocycles. The summed E-state index contributed by atoms with van der Waals surface area (Å²) in [5.41, 5.74) is 0. The Morgan fingerprint density at radius 1 is 0.457 bits per heavy atom. The number of rotatable bonds is 44. The number of nitrogens with one attached hydrogen (secondary N) is 8. The highest BCUT2D eigenvalue weighted by atomic mass is 32.5. The summed E-state index contributed by atoms with van der Waals surface area (Å²) in [6.07, 6.45) is -18.3. The van der Waals surface area contributed by atoms with Gasteiger partial charge in [-0.1, -0.05) is 32.6 Å². The molecule has 18 unspecified atom stereocenters. The molecule has 3 fully saturated rings. The molecule has 0 aliphatic carbocycles. The first-order valence-corrected chi connectivity index (χ1v) is 33.3. The fraction of sp³-hybridized carbons (Fsp3) is 0.855. The van der Waals surface area contributed by atoms with Gasteiger partial charge in [-0.15, -0.1) is 0 Å². The van der Waals surface area contributed by atoms with Gasteiger partial charge in [-0.3, -0.25) is 38.4 Å². The zero-order chi connectivity index (χ0) is 70.1. The van der Waals surface area contributed by atoms with E-state index >= 15 is 0 Å². The second-order valence-corrected chi connectivity index (χ2v) is 26.9. The molecule has 18 atom stereocenters. The SMILES string of the molecule is CC(=O)NC1C(OCCOCCNC(=O)CCC(NC(=O)CCC(NC(=O)CCOCCOP([O-])(=S)C(C)(C)C)C(=O)NCCOCCOC2OC(CO)C(O)C(O)C2NC(C)=O)C(=O)NCCOCCOC2OC(CO)C(O)C(O)C2NC(C)=O)OC(CO)C(O)C1O. The van der Waals surface area contributed by atoms with E-state index in [1.54, 1.807) is 20.8 Å². The average molecular weight is 1400 g/mol. The lowest BCUT2D eigenvalue weighted by Crippen LogP contribution is -2.64. The van der Waals surface area contributed by atoms with Gasteiger partial charge in [-0.25, -0.2) is 0 Å². The lowest BCUT2D eigenvalue weighted by molar-refractivity contribution is -0.272. The average Bonchev–Trinajstić information content (AvgIpc) is 0.838. The number of ether oxygens (including phenoxy) is 10. The third-order valence-corrected chi connectivity index (χ3v) is 18.5. The zero-order valence-electron chi connectivity index (χ0n) is 53.6. The first kappa shape index (κ1) is 83.8. The van der Waals surface area contributed by atoms with Crippen LogP contribution in [-0.4, -0.2) is 321 Å². The van der Waals surface area contributed by atoms with E-state index in [0.29, 0.717) is 0 Å². The van der Waals surface area contributed by atoms with E-state index in [9.17, 15) is 89.2 Å². The minimum absolute atomic E-state index is 0.0334. The number of aliphatic hydroxyl groups is 9. The van der Waals surface area contributed by atoms with Gasteiger partial charge in [-0.2, -0.15) is 0 Å². The largest absolute Gasteiger partial charge is 0.800 e. The van der Waals surface area contributed by atoms with Crippen molar-refractivity contribution in [3.05, 3.63) is 0 Å². The number of carbonyl (C=O) groups excluding carboxylic acids is 8. The van der Waals surface area contributed by atoms with Gasteiger partial charge in [0.25, 0.3) is 0 Å². The van der Waals surface area contributed by atoms with Gasteiger partial charge in [0.05, 0.1) is 99.1 Å². The predicted molar refractivity (Wildman–Crippen MR) is 323 cm³/mol. The zero-order valence-corrected chi connectivity index (χ0v) is 55.3. The Balaban J connectivity index is 1.64. The van der Waals surface area contributed by atoms with Crippen molar-refractivity contribution < 1.29 is 141 Å². The molecule has 3 aliphatic rings. The van der Waals surface area contributed by atoms with Crippen LogP contribution in [0.5, 0.6) is 0 Å². The fourth-order valence-electron chi connectivity index (χ4n) is 9.20. The van der Waals surface area contributed by atoms with Crippen molar-refractivity contribution >= 4 is 65.6 Å². The van der Waals surface area contributed by atoms with E-state index < -0.39 is 189 Å². The third-order valence-electron chi connectivity index (χ3n) is 14.3. The molecule has 0 spiro atoms. The van der Waals surface area contributed by atoms with E-state index in [-0.39, 0.29) is 125 Å². The van der Waals surface area contributed by atoms with Gasteiger partial charge in [-0.05, 0) is 19.3 Å². The Morgan fingerprint density at radius 2 is 0.777 bits per heavy atom. The van der Waals surface area contributed by atoms with E-state index in [1.807, 2.05) is 0 Å². The molecular weight excluding hydrogens is 1300 g/mol. The topological polar surface area (TPSA) is 539 Å². The molecule has 3 rings (SSSR count). The molecule has 3 saturated heterocycles. The molecule has 0 aromatic rings. The standard InChI is InChI=1S/C55H99N8O29PS/c1-30(67)59-41-47(76)44(73)35(27-64)90-52(41)86-23-19-83-16-12-56-38(70)9-7-33(50(79)57-13-17-84-20-24-87-53-42(60-31(2)68)48(77)45(74)36(28-65)91-53)62-39(71)10-8-34(63-40(72)11-15-82-22-26-89-93(81,94)55(4,5)6)51(80)58-14-18-85-21-25-88-54-43(61-32(3)69)49(78)46(75)37(29-66)92-54/h33-37,41-49,52-54,64-66,73-78H,7-29H2,1-6H3,(H,56,70)(H,57,79)(H,58,80)(H,59,67)(H,60,68)(H,61,69)(H,62,71)(H,63,72)(H,81,94)/p-1. The summed E-state index contributed by atoms with van der Waals surface area (Å²) >= 11 is 5.11. The minimum atomic E-state index is -3.41. The lowest BCUT2D eigenvalue weighted by atomic mass is 9.97. The Kier molecular flexibility index (Phi) is 39.0. The molecule has 94 heavy (non-hydrogen) atoms.